The molecule has 0 aliphatic heterocycles. The Labute approximate surface area is 105 Å². The molecule has 88 valence electrons. The molecule has 0 saturated carbocycles. The molecule has 4 heteroatoms. The van der Waals surface area contributed by atoms with Crippen LogP contribution in [0.3, 0.4) is 0 Å². The van der Waals surface area contributed by atoms with E-state index in [2.05, 4.69) is 41.2 Å². The van der Waals surface area contributed by atoms with Crippen LogP contribution in [-0.4, -0.2) is 9.97 Å². The number of aryl methyl sites for hydroxylation is 1. The predicted octanol–water partition coefficient (Wildman–Crippen LogP) is 2.54. The zero-order valence-electron chi connectivity index (χ0n) is 9.76. The molecule has 1 aromatic carbocycles. The van der Waals surface area contributed by atoms with Crippen LogP contribution in [0.15, 0.2) is 41.4 Å². The first-order valence-corrected chi connectivity index (χ1v) is 6.47. The minimum absolute atomic E-state index is 0.463. The Hall–Kier alpha value is -1.39. The summed E-state index contributed by atoms with van der Waals surface area (Å²) in [5.74, 6) is 1.61. The van der Waals surface area contributed by atoms with Gasteiger partial charge in [-0.3, -0.25) is 0 Å². The molecule has 0 spiro atoms. The summed E-state index contributed by atoms with van der Waals surface area (Å²) in [5.41, 5.74) is 7.71. The van der Waals surface area contributed by atoms with E-state index in [4.69, 9.17) is 5.73 Å². The highest BCUT2D eigenvalue weighted by Crippen LogP contribution is 2.21. The van der Waals surface area contributed by atoms with Gasteiger partial charge in [0.1, 0.15) is 5.82 Å². The van der Waals surface area contributed by atoms with Gasteiger partial charge in [-0.15, -0.1) is 11.8 Å². The number of thioether (sulfide) groups is 1. The lowest BCUT2D eigenvalue weighted by atomic mass is 10.2. The number of benzene rings is 1. The van der Waals surface area contributed by atoms with Gasteiger partial charge >= 0.3 is 0 Å². The largest absolute Gasteiger partial charge is 0.325 e. The molecule has 1 heterocycles. The van der Waals surface area contributed by atoms with Crippen molar-refractivity contribution < 1.29 is 0 Å². The average molecular weight is 245 g/mol. The number of hydrogen-bond acceptors (Lipinski definition) is 4. The SMILES string of the molecule is Cc1ccc(SCc2nccc(CN)n2)cc1. The first kappa shape index (κ1) is 12.1. The molecule has 17 heavy (non-hydrogen) atoms. The molecule has 2 N–H and O–H groups in total. The van der Waals surface area contributed by atoms with E-state index in [0.717, 1.165) is 17.3 Å². The second-order valence-corrected chi connectivity index (χ2v) is 4.82. The highest BCUT2D eigenvalue weighted by atomic mass is 32.2. The second-order valence-electron chi connectivity index (χ2n) is 3.77. The summed E-state index contributed by atoms with van der Waals surface area (Å²) in [7, 11) is 0. The fourth-order valence-electron chi connectivity index (χ4n) is 1.41. The molecule has 0 amide bonds. The van der Waals surface area contributed by atoms with Crippen LogP contribution >= 0.6 is 11.8 Å². The average Bonchev–Trinajstić information content (AvgIpc) is 2.38. The lowest BCUT2D eigenvalue weighted by Crippen LogP contribution is -2.02. The highest BCUT2D eigenvalue weighted by Gasteiger charge is 2.00. The van der Waals surface area contributed by atoms with E-state index in [0.29, 0.717) is 6.54 Å². The molecule has 0 unspecified atom stereocenters. The predicted molar refractivity (Wildman–Crippen MR) is 70.7 cm³/mol. The van der Waals surface area contributed by atoms with Gasteiger partial charge in [-0.05, 0) is 25.1 Å². The number of nitrogens with two attached hydrogens (primary N) is 1. The number of hydrogen-bond donors (Lipinski definition) is 1. The Morgan fingerprint density at radius 1 is 1.18 bits per heavy atom. The summed E-state index contributed by atoms with van der Waals surface area (Å²) in [6.45, 7) is 2.55. The number of aromatic nitrogens is 2. The minimum Gasteiger partial charge on any atom is -0.325 e. The zero-order valence-corrected chi connectivity index (χ0v) is 10.6. The number of nitrogens with zero attached hydrogens (tertiary/aromatic N) is 2. The van der Waals surface area contributed by atoms with Crippen molar-refractivity contribution in [3.8, 4) is 0 Å². The van der Waals surface area contributed by atoms with E-state index in [9.17, 15) is 0 Å². The molecule has 0 fully saturated rings. The van der Waals surface area contributed by atoms with Crippen LogP contribution in [0.25, 0.3) is 0 Å². The lowest BCUT2D eigenvalue weighted by Gasteiger charge is -2.02. The van der Waals surface area contributed by atoms with Crippen molar-refractivity contribution in [2.75, 3.05) is 0 Å². The van der Waals surface area contributed by atoms with E-state index < -0.39 is 0 Å². The van der Waals surface area contributed by atoms with Gasteiger partial charge < -0.3 is 5.73 Å². The molecule has 0 saturated heterocycles. The van der Waals surface area contributed by atoms with Crippen molar-refractivity contribution in [2.45, 2.75) is 24.1 Å². The van der Waals surface area contributed by atoms with Crippen LogP contribution < -0.4 is 5.73 Å². The van der Waals surface area contributed by atoms with E-state index in [-0.39, 0.29) is 0 Å². The van der Waals surface area contributed by atoms with E-state index >= 15 is 0 Å². The van der Waals surface area contributed by atoms with Crippen molar-refractivity contribution in [2.24, 2.45) is 5.73 Å². The van der Waals surface area contributed by atoms with Crippen molar-refractivity contribution in [1.82, 2.24) is 9.97 Å². The van der Waals surface area contributed by atoms with E-state index in [1.54, 1.807) is 18.0 Å². The monoisotopic (exact) mass is 245 g/mol. The van der Waals surface area contributed by atoms with Gasteiger partial charge in [0.15, 0.2) is 0 Å². The summed E-state index contributed by atoms with van der Waals surface area (Å²) in [5, 5.41) is 0. The molecule has 3 nitrogen and oxygen atoms in total. The first-order valence-electron chi connectivity index (χ1n) is 5.48. The Balaban J connectivity index is 1.99. The maximum atomic E-state index is 5.55. The Morgan fingerprint density at radius 3 is 2.65 bits per heavy atom. The van der Waals surface area contributed by atoms with Crippen molar-refractivity contribution in [3.05, 3.63) is 53.6 Å². The number of rotatable bonds is 4. The van der Waals surface area contributed by atoms with Gasteiger partial charge in [-0.25, -0.2) is 9.97 Å². The molecule has 2 rings (SSSR count). The maximum absolute atomic E-state index is 5.55. The standard InChI is InChI=1S/C13H15N3S/c1-10-2-4-12(5-3-10)17-9-13-15-7-6-11(8-14)16-13/h2-7H,8-9,14H2,1H3. The summed E-state index contributed by atoms with van der Waals surface area (Å²) in [6.07, 6.45) is 1.76. The van der Waals surface area contributed by atoms with Crippen LogP contribution in [-0.2, 0) is 12.3 Å². The fraction of sp³-hybridized carbons (Fsp3) is 0.231. The van der Waals surface area contributed by atoms with Crippen LogP contribution in [0.5, 0.6) is 0 Å². The Bertz CT molecular complexity index is 482. The molecule has 0 aliphatic rings. The summed E-state index contributed by atoms with van der Waals surface area (Å²) >= 11 is 1.74. The van der Waals surface area contributed by atoms with Crippen molar-refractivity contribution in [3.63, 3.8) is 0 Å². The van der Waals surface area contributed by atoms with Crippen LogP contribution in [0.1, 0.15) is 17.1 Å². The Morgan fingerprint density at radius 2 is 1.94 bits per heavy atom. The van der Waals surface area contributed by atoms with Crippen molar-refractivity contribution in [1.29, 1.82) is 0 Å². The summed E-state index contributed by atoms with van der Waals surface area (Å²) in [6, 6.07) is 10.3. The summed E-state index contributed by atoms with van der Waals surface area (Å²) < 4.78 is 0. The molecule has 0 aliphatic carbocycles. The molecular formula is C13H15N3S. The quantitative estimate of drug-likeness (QED) is 0.841. The second kappa shape index (κ2) is 5.80. The van der Waals surface area contributed by atoms with Gasteiger partial charge in [0.05, 0.1) is 11.4 Å². The smallest absolute Gasteiger partial charge is 0.138 e. The van der Waals surface area contributed by atoms with E-state index in [1.807, 2.05) is 6.07 Å². The third-order valence-corrected chi connectivity index (χ3v) is 3.37. The maximum Gasteiger partial charge on any atom is 0.138 e. The summed E-state index contributed by atoms with van der Waals surface area (Å²) in [4.78, 5) is 9.83. The molecule has 1 aromatic heterocycles. The fourth-order valence-corrected chi connectivity index (χ4v) is 2.17. The zero-order chi connectivity index (χ0) is 12.1. The third kappa shape index (κ3) is 3.54. The first-order chi connectivity index (χ1) is 8.28. The third-order valence-electron chi connectivity index (χ3n) is 2.36. The lowest BCUT2D eigenvalue weighted by molar-refractivity contribution is 0.918. The molecular weight excluding hydrogens is 230 g/mol. The van der Waals surface area contributed by atoms with Crippen LogP contribution in [0.4, 0.5) is 0 Å². The Kier molecular flexibility index (Phi) is 4.12. The highest BCUT2D eigenvalue weighted by molar-refractivity contribution is 7.98. The van der Waals surface area contributed by atoms with Crippen molar-refractivity contribution >= 4 is 11.8 Å². The van der Waals surface area contributed by atoms with Crippen LogP contribution in [0, 0.1) is 6.92 Å². The molecule has 0 atom stereocenters. The van der Waals surface area contributed by atoms with Crippen LogP contribution in [0.2, 0.25) is 0 Å². The molecule has 0 bridgehead atoms. The van der Waals surface area contributed by atoms with E-state index in [1.165, 1.54) is 10.5 Å². The topological polar surface area (TPSA) is 51.8 Å². The van der Waals surface area contributed by atoms with Gasteiger partial charge in [-0.2, -0.15) is 0 Å². The van der Waals surface area contributed by atoms with Gasteiger partial charge in [0.25, 0.3) is 0 Å². The molecule has 2 aromatic rings. The normalized spacial score (nSPS) is 10.5. The van der Waals surface area contributed by atoms with Gasteiger partial charge in [0, 0.05) is 17.6 Å². The molecule has 0 radical (unpaired) electrons. The van der Waals surface area contributed by atoms with Gasteiger partial charge in [-0.1, -0.05) is 17.7 Å². The van der Waals surface area contributed by atoms with Gasteiger partial charge in [0.2, 0.25) is 0 Å². The minimum atomic E-state index is 0.463.